The summed E-state index contributed by atoms with van der Waals surface area (Å²) in [7, 11) is 0. The van der Waals surface area contributed by atoms with Gasteiger partial charge in [0.05, 0.1) is 12.5 Å². The Balaban J connectivity index is 2.07. The number of nitrogens with one attached hydrogen (secondary N) is 2. The molecule has 6 heteroatoms. The van der Waals surface area contributed by atoms with Crippen LogP contribution < -0.4 is 10.6 Å². The van der Waals surface area contributed by atoms with Crippen molar-refractivity contribution in [2.24, 2.45) is 11.8 Å². The number of hydrogen-bond acceptors (Lipinski definition) is 4. The monoisotopic (exact) mass is 386 g/mol. The van der Waals surface area contributed by atoms with Crippen LogP contribution in [0.1, 0.15) is 51.2 Å². The fourth-order valence-corrected chi connectivity index (χ4v) is 2.93. The third-order valence-corrected chi connectivity index (χ3v) is 4.52. The minimum Gasteiger partial charge on any atom is -0.456 e. The highest BCUT2D eigenvalue weighted by Crippen LogP contribution is 2.19. The van der Waals surface area contributed by atoms with Crippen molar-refractivity contribution in [2.45, 2.75) is 45.6 Å². The number of amides is 2. The van der Waals surface area contributed by atoms with Crippen molar-refractivity contribution in [3.63, 3.8) is 0 Å². The minimum absolute atomic E-state index is 0.125. The van der Waals surface area contributed by atoms with E-state index < -0.39 is 12.0 Å². The number of cyclic esters (lactones) is 1. The van der Waals surface area contributed by atoms with E-state index in [1.807, 2.05) is 56.3 Å². The first-order valence-corrected chi connectivity index (χ1v) is 9.89. The van der Waals surface area contributed by atoms with Crippen LogP contribution in [0.4, 0.5) is 0 Å². The SMILES string of the molecule is CC(C)CNC(=O)CC1C/C=C/CCC(=O)O[C@H](c2ccccc2)CNC1=O. The number of esters is 1. The molecule has 0 radical (unpaired) electrons. The van der Waals surface area contributed by atoms with Crippen molar-refractivity contribution in [3.05, 3.63) is 48.0 Å². The van der Waals surface area contributed by atoms with Crippen LogP contribution in [0.5, 0.6) is 0 Å². The van der Waals surface area contributed by atoms with Gasteiger partial charge in [-0.1, -0.05) is 56.3 Å². The highest BCUT2D eigenvalue weighted by atomic mass is 16.5. The summed E-state index contributed by atoms with van der Waals surface area (Å²) in [6, 6.07) is 9.35. The van der Waals surface area contributed by atoms with Gasteiger partial charge in [0.25, 0.3) is 0 Å². The molecule has 1 aromatic rings. The van der Waals surface area contributed by atoms with E-state index in [-0.39, 0.29) is 37.2 Å². The second-order valence-electron chi connectivity index (χ2n) is 7.48. The molecule has 1 unspecified atom stereocenters. The third kappa shape index (κ3) is 7.55. The van der Waals surface area contributed by atoms with Gasteiger partial charge >= 0.3 is 5.97 Å². The highest BCUT2D eigenvalue weighted by Gasteiger charge is 2.24. The minimum atomic E-state index is -0.545. The van der Waals surface area contributed by atoms with E-state index in [0.717, 1.165) is 5.56 Å². The molecular formula is C22H30N2O4. The number of ether oxygens (including phenoxy) is 1. The molecule has 0 aromatic heterocycles. The number of carbonyl (C=O) groups is 3. The van der Waals surface area contributed by atoms with E-state index in [9.17, 15) is 14.4 Å². The molecule has 152 valence electrons. The van der Waals surface area contributed by atoms with Gasteiger partial charge < -0.3 is 15.4 Å². The van der Waals surface area contributed by atoms with Crippen LogP contribution >= 0.6 is 0 Å². The second kappa shape index (κ2) is 11.3. The van der Waals surface area contributed by atoms with Gasteiger partial charge in [0.15, 0.2) is 0 Å². The lowest BCUT2D eigenvalue weighted by atomic mass is 9.98. The fraction of sp³-hybridized carbons (Fsp3) is 0.500. The molecule has 1 heterocycles. The van der Waals surface area contributed by atoms with Crippen molar-refractivity contribution in [2.75, 3.05) is 13.1 Å². The van der Waals surface area contributed by atoms with E-state index in [1.54, 1.807) is 0 Å². The van der Waals surface area contributed by atoms with Crippen LogP contribution in [0.25, 0.3) is 0 Å². The van der Waals surface area contributed by atoms with E-state index in [2.05, 4.69) is 10.6 Å². The first-order valence-electron chi connectivity index (χ1n) is 9.89. The lowest BCUT2D eigenvalue weighted by Crippen LogP contribution is -2.38. The summed E-state index contributed by atoms with van der Waals surface area (Å²) in [6.45, 7) is 4.82. The molecule has 2 amide bonds. The van der Waals surface area contributed by atoms with Gasteiger partial charge in [-0.15, -0.1) is 0 Å². The summed E-state index contributed by atoms with van der Waals surface area (Å²) in [4.78, 5) is 37.0. The van der Waals surface area contributed by atoms with E-state index >= 15 is 0 Å². The standard InChI is InChI=1S/C22H30N2O4/c1-16(2)14-23-20(25)13-18-11-7-4-8-12-21(26)28-19(15-24-22(18)27)17-9-5-3-6-10-17/h3-7,9-10,16,18-19H,8,11-15H2,1-2H3,(H,23,25)(H,24,27)/b7-4+/t18?,19-/m0/s1. The smallest absolute Gasteiger partial charge is 0.306 e. The molecule has 0 saturated heterocycles. The third-order valence-electron chi connectivity index (χ3n) is 4.52. The van der Waals surface area contributed by atoms with E-state index in [0.29, 0.717) is 25.3 Å². The van der Waals surface area contributed by atoms with E-state index in [1.165, 1.54) is 0 Å². The van der Waals surface area contributed by atoms with Gasteiger partial charge in [-0.25, -0.2) is 0 Å². The maximum atomic E-state index is 12.7. The van der Waals surface area contributed by atoms with Crippen LogP contribution in [0.2, 0.25) is 0 Å². The van der Waals surface area contributed by atoms with Crippen molar-refractivity contribution in [1.82, 2.24) is 10.6 Å². The van der Waals surface area contributed by atoms with Crippen LogP contribution in [0.15, 0.2) is 42.5 Å². The Labute approximate surface area is 166 Å². The predicted molar refractivity (Wildman–Crippen MR) is 107 cm³/mol. The Morgan fingerprint density at radius 2 is 1.96 bits per heavy atom. The summed E-state index contributed by atoms with van der Waals surface area (Å²) in [5.41, 5.74) is 0.829. The zero-order valence-electron chi connectivity index (χ0n) is 16.6. The zero-order valence-corrected chi connectivity index (χ0v) is 16.6. The molecule has 0 fully saturated rings. The Morgan fingerprint density at radius 3 is 2.68 bits per heavy atom. The Bertz CT molecular complexity index is 685. The van der Waals surface area contributed by atoms with Gasteiger partial charge in [-0.3, -0.25) is 14.4 Å². The fourth-order valence-electron chi connectivity index (χ4n) is 2.93. The molecule has 1 aromatic carbocycles. The van der Waals surface area contributed by atoms with Gasteiger partial charge in [-0.2, -0.15) is 0 Å². The quantitative estimate of drug-likeness (QED) is 0.602. The average molecular weight is 386 g/mol. The molecule has 0 aliphatic carbocycles. The van der Waals surface area contributed by atoms with Gasteiger partial charge in [0, 0.05) is 19.4 Å². The first-order chi connectivity index (χ1) is 13.5. The van der Waals surface area contributed by atoms with Crippen molar-refractivity contribution >= 4 is 17.8 Å². The Morgan fingerprint density at radius 1 is 1.21 bits per heavy atom. The van der Waals surface area contributed by atoms with Crippen molar-refractivity contribution in [1.29, 1.82) is 0 Å². The van der Waals surface area contributed by atoms with Gasteiger partial charge in [-0.05, 0) is 24.3 Å². The molecule has 1 aliphatic heterocycles. The molecule has 2 rings (SSSR count). The number of allylic oxidation sites excluding steroid dienone is 2. The van der Waals surface area contributed by atoms with Crippen LogP contribution in [-0.2, 0) is 19.1 Å². The lowest BCUT2D eigenvalue weighted by molar-refractivity contribution is -0.150. The maximum Gasteiger partial charge on any atom is 0.306 e. The average Bonchev–Trinajstić information content (AvgIpc) is 2.68. The zero-order chi connectivity index (χ0) is 20.4. The predicted octanol–water partition coefficient (Wildman–Crippen LogP) is 2.91. The highest BCUT2D eigenvalue weighted by molar-refractivity contribution is 5.86. The molecule has 0 bridgehead atoms. The number of hydrogen-bond donors (Lipinski definition) is 2. The summed E-state index contributed by atoms with van der Waals surface area (Å²) in [5.74, 6) is -0.717. The number of benzene rings is 1. The van der Waals surface area contributed by atoms with Crippen molar-refractivity contribution in [3.8, 4) is 0 Å². The van der Waals surface area contributed by atoms with Crippen LogP contribution in [0, 0.1) is 11.8 Å². The summed E-state index contributed by atoms with van der Waals surface area (Å²) in [6.07, 6.45) is 4.62. The largest absolute Gasteiger partial charge is 0.456 e. The normalized spacial score (nSPS) is 22.4. The van der Waals surface area contributed by atoms with Crippen LogP contribution in [0.3, 0.4) is 0 Å². The number of rotatable bonds is 5. The Kier molecular flexibility index (Phi) is 8.72. The topological polar surface area (TPSA) is 84.5 Å². The molecule has 0 saturated carbocycles. The molecule has 2 N–H and O–H groups in total. The van der Waals surface area contributed by atoms with E-state index in [4.69, 9.17) is 4.74 Å². The molecule has 6 nitrogen and oxygen atoms in total. The molecule has 28 heavy (non-hydrogen) atoms. The van der Waals surface area contributed by atoms with Crippen LogP contribution in [-0.4, -0.2) is 30.9 Å². The Hall–Kier alpha value is -2.63. The summed E-state index contributed by atoms with van der Waals surface area (Å²) < 4.78 is 5.57. The van der Waals surface area contributed by atoms with Gasteiger partial charge in [0.1, 0.15) is 6.10 Å². The lowest BCUT2D eigenvalue weighted by Gasteiger charge is -2.22. The van der Waals surface area contributed by atoms with Crippen molar-refractivity contribution < 1.29 is 19.1 Å². The molecule has 0 spiro atoms. The molecule has 1 aliphatic rings. The first kappa shape index (κ1) is 21.7. The second-order valence-corrected chi connectivity index (χ2v) is 7.48. The molecular weight excluding hydrogens is 356 g/mol. The molecule has 2 atom stereocenters. The van der Waals surface area contributed by atoms with Gasteiger partial charge in [0.2, 0.25) is 11.8 Å². The number of carbonyl (C=O) groups excluding carboxylic acids is 3. The maximum absolute atomic E-state index is 12.7. The summed E-state index contributed by atoms with van der Waals surface area (Å²) in [5, 5.41) is 5.72. The summed E-state index contributed by atoms with van der Waals surface area (Å²) >= 11 is 0.